The highest BCUT2D eigenvalue weighted by atomic mass is 32.2. The fourth-order valence-corrected chi connectivity index (χ4v) is 11.4. The molecule has 2 aliphatic heterocycles. The Morgan fingerprint density at radius 1 is 0.769 bits per heavy atom. The van der Waals surface area contributed by atoms with Gasteiger partial charge in [-0.25, -0.2) is 19.6 Å². The molecule has 1 saturated heterocycles. The van der Waals surface area contributed by atoms with Crippen LogP contribution in [0.3, 0.4) is 0 Å². The molecule has 78 heavy (non-hydrogen) atoms. The minimum atomic E-state index is -1.69. The zero-order valence-electron chi connectivity index (χ0n) is 43.2. The van der Waals surface area contributed by atoms with Gasteiger partial charge in [-0.3, -0.25) is 14.5 Å². The van der Waals surface area contributed by atoms with Crippen LogP contribution in [0.2, 0.25) is 0 Å². The van der Waals surface area contributed by atoms with Crippen molar-refractivity contribution in [3.8, 4) is 11.5 Å². The number of fused-ring (bicyclic) bond motifs is 2. The Morgan fingerprint density at radius 3 is 1.86 bits per heavy atom. The lowest BCUT2D eigenvalue weighted by atomic mass is 9.77. The van der Waals surface area contributed by atoms with Gasteiger partial charge in [-0.2, -0.15) is 0 Å². The van der Waals surface area contributed by atoms with E-state index >= 15 is 0 Å². The number of hydrogen-bond acceptors (Lipinski definition) is 15. The van der Waals surface area contributed by atoms with Crippen molar-refractivity contribution in [2.24, 2.45) is 5.16 Å². The van der Waals surface area contributed by atoms with Crippen LogP contribution in [0, 0.1) is 0 Å². The molecule has 6 aromatic carbocycles. The Balaban J connectivity index is 0.996. The maximum absolute atomic E-state index is 15.0. The number of oxime groups is 1. The number of β-lactam (4-membered cyclic amide) rings is 1. The summed E-state index contributed by atoms with van der Waals surface area (Å²) in [6.07, 6.45) is 0.660. The maximum Gasteiger partial charge on any atom is 0.356 e. The molecule has 4 heterocycles. The molecule has 2 aromatic heterocycles. The van der Waals surface area contributed by atoms with Gasteiger partial charge in [-0.15, -0.1) is 23.1 Å². The van der Waals surface area contributed by atoms with E-state index in [1.165, 1.54) is 60.3 Å². The van der Waals surface area contributed by atoms with Gasteiger partial charge >= 0.3 is 11.9 Å². The summed E-state index contributed by atoms with van der Waals surface area (Å²) in [5, 5.41) is 32.9. The minimum Gasteiger partial charge on any atom is -0.504 e. The zero-order valence-corrected chi connectivity index (χ0v) is 44.8. The van der Waals surface area contributed by atoms with E-state index in [0.717, 1.165) is 16.7 Å². The van der Waals surface area contributed by atoms with Crippen LogP contribution in [-0.4, -0.2) is 87.5 Å². The molecule has 16 nitrogen and oxygen atoms in total. The second-order valence-electron chi connectivity index (χ2n) is 20.2. The first-order chi connectivity index (χ1) is 37.5. The Labute approximate surface area is 458 Å². The van der Waals surface area contributed by atoms with Gasteiger partial charge in [-0.05, 0) is 68.0 Å². The molecule has 0 saturated carbocycles. The third kappa shape index (κ3) is 10.7. The number of benzene rings is 6. The van der Waals surface area contributed by atoms with Gasteiger partial charge in [0, 0.05) is 29.8 Å². The second-order valence-corrected chi connectivity index (χ2v) is 22.1. The summed E-state index contributed by atoms with van der Waals surface area (Å²) in [5.74, 6) is -3.45. The molecule has 0 aliphatic carbocycles. The molecule has 0 radical (unpaired) electrons. The van der Waals surface area contributed by atoms with E-state index in [9.17, 15) is 29.4 Å². The summed E-state index contributed by atoms with van der Waals surface area (Å²) < 4.78 is 13.8. The molecule has 0 bridgehead atoms. The van der Waals surface area contributed by atoms with E-state index in [-0.39, 0.29) is 40.9 Å². The van der Waals surface area contributed by atoms with Gasteiger partial charge < -0.3 is 39.7 Å². The molecule has 8 aromatic rings. The quantitative estimate of drug-likeness (QED) is 0.0168. The lowest BCUT2D eigenvalue weighted by Gasteiger charge is -2.49. The topological polar surface area (TPSA) is 207 Å². The molecule has 1 unspecified atom stereocenters. The van der Waals surface area contributed by atoms with E-state index < -0.39 is 58.0 Å². The van der Waals surface area contributed by atoms with E-state index in [0.29, 0.717) is 32.9 Å². The summed E-state index contributed by atoms with van der Waals surface area (Å²) >= 11 is 2.54. The Bertz CT molecular complexity index is 3430. The van der Waals surface area contributed by atoms with Crippen LogP contribution in [0.4, 0.5) is 5.13 Å². The van der Waals surface area contributed by atoms with Crippen LogP contribution in [0.15, 0.2) is 192 Å². The van der Waals surface area contributed by atoms with Crippen molar-refractivity contribution >= 4 is 68.7 Å². The fraction of sp³-hybridized carbons (Fsp3) is 0.217. The number of amides is 2. The number of phenols is 2. The number of aromatic nitrogens is 3. The molecule has 2 amide bonds. The van der Waals surface area contributed by atoms with Crippen LogP contribution in [-0.2, 0) is 45.6 Å². The molecule has 2 aliphatic rings. The second kappa shape index (κ2) is 21.7. The predicted molar refractivity (Wildman–Crippen MR) is 298 cm³/mol. The first-order valence-electron chi connectivity index (χ1n) is 25.1. The molecular weight excluding hydrogens is 1030 g/mol. The highest BCUT2D eigenvalue weighted by Gasteiger charge is 2.55. The molecule has 0 spiro atoms. The van der Waals surface area contributed by atoms with Crippen LogP contribution >= 0.6 is 23.1 Å². The van der Waals surface area contributed by atoms with Crippen LogP contribution < -0.4 is 10.6 Å². The lowest BCUT2D eigenvalue weighted by molar-refractivity contribution is -0.179. The zero-order chi connectivity index (χ0) is 54.8. The van der Waals surface area contributed by atoms with Crippen molar-refractivity contribution in [1.82, 2.24) is 24.8 Å². The van der Waals surface area contributed by atoms with E-state index in [1.54, 1.807) is 30.7 Å². The number of carbonyl (C=O) groups excluding carboxylic acids is 4. The predicted octanol–water partition coefficient (Wildman–Crippen LogP) is 9.84. The number of aromatic hydroxyl groups is 2. The summed E-state index contributed by atoms with van der Waals surface area (Å²) in [6.45, 7) is 8.16. The van der Waals surface area contributed by atoms with Gasteiger partial charge in [0.05, 0.1) is 17.4 Å². The summed E-state index contributed by atoms with van der Waals surface area (Å²) in [4.78, 5) is 74.8. The number of esters is 2. The van der Waals surface area contributed by atoms with E-state index in [2.05, 4.69) is 20.8 Å². The van der Waals surface area contributed by atoms with Crippen molar-refractivity contribution < 1.29 is 43.7 Å². The smallest absolute Gasteiger partial charge is 0.356 e. The molecule has 4 N–H and O–H groups in total. The standard InChI is InChI=1S/C60H55N7O9S2/c1-58(2,3)75-56(73)59(4,5)76-65-48(44-35-78-57(62-44)64-60(40-25-15-8-16-26-40,41-27-17-9-18-28-41)42-29-19-10-20-30-42)52(70)63-49-53(71)67-50(55(72)74-51(37-21-11-6-12-22-37)38-23-13-7-14-24-38)39(34-77-54(49)67)33-66-36-61-43-31-46(68)47(69)32-45(43)66/h6-32,35-36,49,51,54,68-69H,33-34H2,1-5H3,(H,62,64)(H,63,70)/b65-48-/t49?,54-/m1/s1. The number of thiazole rings is 1. The van der Waals surface area contributed by atoms with Gasteiger partial charge in [0.25, 0.3) is 11.8 Å². The number of ether oxygens (including phenoxy) is 2. The fourth-order valence-electron chi connectivity index (χ4n) is 9.35. The molecule has 1 fully saturated rings. The number of imidazole rings is 1. The maximum atomic E-state index is 15.0. The molecule has 18 heteroatoms. The number of thioether (sulfide) groups is 1. The van der Waals surface area contributed by atoms with Crippen LogP contribution in [0.5, 0.6) is 11.5 Å². The Morgan fingerprint density at radius 2 is 1.31 bits per heavy atom. The van der Waals surface area contributed by atoms with Crippen molar-refractivity contribution in [2.45, 2.75) is 75.4 Å². The van der Waals surface area contributed by atoms with Crippen LogP contribution in [0.1, 0.15) is 74.2 Å². The number of nitrogens with one attached hydrogen (secondary N) is 2. The normalized spacial score (nSPS) is 15.8. The van der Waals surface area contributed by atoms with Gasteiger partial charge in [0.1, 0.15) is 33.9 Å². The average Bonchev–Trinajstić information content (AvgIpc) is 4.13. The SMILES string of the molecule is CC(C)(C)OC(=O)C(C)(C)O/N=C(\C(=O)NC1C(=O)N2C(C(=O)OC(c3ccccc3)c3ccccc3)=C(Cn3cnc4cc(O)c(O)cc43)CS[C@H]12)c1csc(NC(c2ccccc2)(c2ccccc2)c2ccccc2)n1. The first-order valence-corrected chi connectivity index (χ1v) is 27.0. The van der Waals surface area contributed by atoms with Crippen molar-refractivity contribution in [1.29, 1.82) is 0 Å². The van der Waals surface area contributed by atoms with Gasteiger partial charge in [-0.1, -0.05) is 157 Å². The molecule has 10 rings (SSSR count). The lowest BCUT2D eigenvalue weighted by Crippen LogP contribution is -2.71. The van der Waals surface area contributed by atoms with Gasteiger partial charge in [0.2, 0.25) is 5.60 Å². The highest BCUT2D eigenvalue weighted by Crippen LogP contribution is 2.44. The monoisotopic (exact) mass is 1080 g/mol. The van der Waals surface area contributed by atoms with Crippen LogP contribution in [0.25, 0.3) is 11.0 Å². The number of nitrogens with zero attached hydrogens (tertiary/aromatic N) is 5. The summed E-state index contributed by atoms with van der Waals surface area (Å²) in [6, 6.07) is 49.9. The molecule has 396 valence electrons. The molecule has 2 atom stereocenters. The first kappa shape index (κ1) is 52.7. The number of anilines is 1. The summed E-state index contributed by atoms with van der Waals surface area (Å²) in [5.41, 5.74) is 1.73. The van der Waals surface area contributed by atoms with E-state index in [4.69, 9.17) is 19.3 Å². The highest BCUT2D eigenvalue weighted by molar-refractivity contribution is 8.00. The summed E-state index contributed by atoms with van der Waals surface area (Å²) in [7, 11) is 0. The van der Waals surface area contributed by atoms with Crippen molar-refractivity contribution in [3.63, 3.8) is 0 Å². The number of hydrogen-bond donors (Lipinski definition) is 4. The Hall–Kier alpha value is -8.74. The number of rotatable bonds is 17. The third-order valence-corrected chi connectivity index (χ3v) is 15.3. The Kier molecular flexibility index (Phi) is 14.7. The van der Waals surface area contributed by atoms with Crippen molar-refractivity contribution in [2.75, 3.05) is 11.1 Å². The minimum absolute atomic E-state index is 0.0127. The average molecular weight is 1080 g/mol. The molecular formula is C60H55N7O9S2. The van der Waals surface area contributed by atoms with Crippen molar-refractivity contribution in [3.05, 3.63) is 220 Å². The third-order valence-electron chi connectivity index (χ3n) is 13.2. The largest absolute Gasteiger partial charge is 0.504 e. The number of carbonyl (C=O) groups is 4. The van der Waals surface area contributed by atoms with Gasteiger partial charge in [0.15, 0.2) is 28.4 Å². The van der Waals surface area contributed by atoms with E-state index in [1.807, 2.05) is 152 Å². The number of phenolic OH excluding ortho intramolecular Hbond substituents is 2.